The lowest BCUT2D eigenvalue weighted by molar-refractivity contribution is 0.102. The molecule has 6 heteroatoms. The molecule has 2 rings (SSSR count). The summed E-state index contributed by atoms with van der Waals surface area (Å²) < 4.78 is 13.6. The number of anilines is 2. The Morgan fingerprint density at radius 2 is 2.00 bits per heavy atom. The van der Waals surface area contributed by atoms with Crippen LogP contribution in [0.1, 0.15) is 15.9 Å². The molecular formula is C15H13BrClFN2O. The zero-order valence-corrected chi connectivity index (χ0v) is 13.8. The van der Waals surface area contributed by atoms with E-state index in [0.29, 0.717) is 21.4 Å². The molecule has 0 fully saturated rings. The van der Waals surface area contributed by atoms with Crippen molar-refractivity contribution < 1.29 is 9.18 Å². The molecule has 0 aliphatic rings. The standard InChI is InChI=1S/C15H13BrClFN2O/c1-8-3-4-13(19-2)10(5-8)15(21)20-14-11(16)6-9(18)7-12(14)17/h3-7,19H,1-2H3,(H,20,21). The maximum absolute atomic E-state index is 13.2. The molecular weight excluding hydrogens is 359 g/mol. The highest BCUT2D eigenvalue weighted by Gasteiger charge is 2.15. The Labute approximate surface area is 135 Å². The Morgan fingerprint density at radius 1 is 1.29 bits per heavy atom. The van der Waals surface area contributed by atoms with Gasteiger partial charge >= 0.3 is 0 Å². The summed E-state index contributed by atoms with van der Waals surface area (Å²) in [6, 6.07) is 7.90. The lowest BCUT2D eigenvalue weighted by Crippen LogP contribution is -2.15. The van der Waals surface area contributed by atoms with Gasteiger partial charge in [-0.15, -0.1) is 0 Å². The summed E-state index contributed by atoms with van der Waals surface area (Å²) in [5.41, 5.74) is 2.49. The van der Waals surface area contributed by atoms with Crippen LogP contribution in [0.25, 0.3) is 0 Å². The molecule has 0 bridgehead atoms. The van der Waals surface area contributed by atoms with Crippen LogP contribution in [-0.2, 0) is 0 Å². The maximum atomic E-state index is 13.2. The number of carbonyl (C=O) groups is 1. The van der Waals surface area contributed by atoms with Crippen LogP contribution in [0.2, 0.25) is 5.02 Å². The number of nitrogens with one attached hydrogen (secondary N) is 2. The Bertz CT molecular complexity index is 683. The van der Waals surface area contributed by atoms with Crippen LogP contribution in [0.3, 0.4) is 0 Å². The summed E-state index contributed by atoms with van der Waals surface area (Å²) in [6.07, 6.45) is 0. The Hall–Kier alpha value is -1.59. The highest BCUT2D eigenvalue weighted by Crippen LogP contribution is 2.32. The molecule has 0 unspecified atom stereocenters. The zero-order chi connectivity index (χ0) is 15.6. The Kier molecular flexibility index (Phi) is 4.85. The van der Waals surface area contributed by atoms with Gasteiger partial charge in [0, 0.05) is 17.2 Å². The van der Waals surface area contributed by atoms with Crippen molar-refractivity contribution in [1.29, 1.82) is 0 Å². The molecule has 0 saturated carbocycles. The van der Waals surface area contributed by atoms with Gasteiger partial charge < -0.3 is 10.6 Å². The van der Waals surface area contributed by atoms with Gasteiger partial charge in [0.25, 0.3) is 5.91 Å². The third kappa shape index (κ3) is 3.54. The number of amides is 1. The van der Waals surface area contributed by atoms with E-state index >= 15 is 0 Å². The molecule has 2 aromatic carbocycles. The van der Waals surface area contributed by atoms with Crippen molar-refractivity contribution in [1.82, 2.24) is 0 Å². The number of rotatable bonds is 3. The molecule has 0 radical (unpaired) electrons. The van der Waals surface area contributed by atoms with Crippen LogP contribution in [0.5, 0.6) is 0 Å². The van der Waals surface area contributed by atoms with Gasteiger partial charge in [-0.3, -0.25) is 4.79 Å². The number of hydrogen-bond acceptors (Lipinski definition) is 2. The molecule has 110 valence electrons. The number of benzene rings is 2. The van der Waals surface area contributed by atoms with E-state index in [-0.39, 0.29) is 10.9 Å². The van der Waals surface area contributed by atoms with Gasteiger partial charge in [-0.1, -0.05) is 23.2 Å². The average molecular weight is 372 g/mol. The molecule has 2 N–H and O–H groups in total. The van der Waals surface area contributed by atoms with Crippen molar-refractivity contribution >= 4 is 44.8 Å². The Balaban J connectivity index is 2.37. The molecule has 3 nitrogen and oxygen atoms in total. The van der Waals surface area contributed by atoms with Crippen molar-refractivity contribution in [3.05, 3.63) is 56.8 Å². The molecule has 0 aliphatic carbocycles. The predicted octanol–water partition coefficient (Wildman–Crippen LogP) is 4.84. The monoisotopic (exact) mass is 370 g/mol. The summed E-state index contributed by atoms with van der Waals surface area (Å²) in [6.45, 7) is 1.90. The van der Waals surface area contributed by atoms with E-state index < -0.39 is 5.82 Å². The fourth-order valence-corrected chi connectivity index (χ4v) is 2.81. The fourth-order valence-electron chi connectivity index (χ4n) is 1.91. The summed E-state index contributed by atoms with van der Waals surface area (Å²) in [5.74, 6) is -0.798. The molecule has 0 spiro atoms. The van der Waals surface area contributed by atoms with E-state index in [4.69, 9.17) is 11.6 Å². The largest absolute Gasteiger partial charge is 0.387 e. The maximum Gasteiger partial charge on any atom is 0.257 e. The Morgan fingerprint density at radius 3 is 2.62 bits per heavy atom. The minimum atomic E-state index is -0.476. The van der Waals surface area contributed by atoms with Crippen molar-refractivity contribution in [2.75, 3.05) is 17.7 Å². The van der Waals surface area contributed by atoms with Gasteiger partial charge in [0.05, 0.1) is 16.3 Å². The molecule has 0 atom stereocenters. The average Bonchev–Trinajstić information content (AvgIpc) is 2.42. The minimum Gasteiger partial charge on any atom is -0.387 e. The minimum absolute atomic E-state index is 0.133. The first-order valence-electron chi connectivity index (χ1n) is 6.16. The van der Waals surface area contributed by atoms with E-state index in [1.807, 2.05) is 19.1 Å². The van der Waals surface area contributed by atoms with Gasteiger partial charge in [0.1, 0.15) is 5.82 Å². The predicted molar refractivity (Wildman–Crippen MR) is 87.8 cm³/mol. The molecule has 21 heavy (non-hydrogen) atoms. The van der Waals surface area contributed by atoms with Crippen molar-refractivity contribution in [3.63, 3.8) is 0 Å². The zero-order valence-electron chi connectivity index (χ0n) is 11.4. The molecule has 0 saturated heterocycles. The van der Waals surface area contributed by atoms with Crippen LogP contribution in [-0.4, -0.2) is 13.0 Å². The summed E-state index contributed by atoms with van der Waals surface area (Å²) in [4.78, 5) is 12.4. The number of aryl methyl sites for hydroxylation is 1. The number of hydrogen-bond donors (Lipinski definition) is 2. The molecule has 0 aromatic heterocycles. The van der Waals surface area contributed by atoms with Gasteiger partial charge in [-0.2, -0.15) is 0 Å². The highest BCUT2D eigenvalue weighted by atomic mass is 79.9. The first-order chi connectivity index (χ1) is 9.92. The lowest BCUT2D eigenvalue weighted by atomic mass is 10.1. The SMILES string of the molecule is CNc1ccc(C)cc1C(=O)Nc1c(Cl)cc(F)cc1Br. The van der Waals surface area contributed by atoms with Crippen molar-refractivity contribution in [2.45, 2.75) is 6.92 Å². The lowest BCUT2D eigenvalue weighted by Gasteiger charge is -2.13. The third-order valence-corrected chi connectivity index (χ3v) is 3.86. The number of carbonyl (C=O) groups excluding carboxylic acids is 1. The summed E-state index contributed by atoms with van der Waals surface area (Å²) in [5, 5.41) is 5.80. The molecule has 0 heterocycles. The highest BCUT2D eigenvalue weighted by molar-refractivity contribution is 9.10. The van der Waals surface area contributed by atoms with Gasteiger partial charge in [0.2, 0.25) is 0 Å². The van der Waals surface area contributed by atoms with E-state index in [1.54, 1.807) is 13.1 Å². The van der Waals surface area contributed by atoms with Crippen LogP contribution in [0, 0.1) is 12.7 Å². The van der Waals surface area contributed by atoms with E-state index in [2.05, 4.69) is 26.6 Å². The van der Waals surface area contributed by atoms with Crippen LogP contribution in [0.4, 0.5) is 15.8 Å². The van der Waals surface area contributed by atoms with Gasteiger partial charge in [-0.25, -0.2) is 4.39 Å². The first kappa shape index (κ1) is 15.8. The fraction of sp³-hybridized carbons (Fsp3) is 0.133. The second-order valence-corrected chi connectivity index (χ2v) is 5.76. The molecule has 1 amide bonds. The number of halogens is 3. The van der Waals surface area contributed by atoms with E-state index in [0.717, 1.165) is 11.6 Å². The van der Waals surface area contributed by atoms with Crippen LogP contribution < -0.4 is 10.6 Å². The van der Waals surface area contributed by atoms with Gasteiger partial charge in [0.15, 0.2) is 0 Å². The van der Waals surface area contributed by atoms with Crippen LogP contribution in [0.15, 0.2) is 34.8 Å². The quantitative estimate of drug-likeness (QED) is 0.810. The molecule has 0 aliphatic heterocycles. The van der Waals surface area contributed by atoms with Crippen molar-refractivity contribution in [3.8, 4) is 0 Å². The third-order valence-electron chi connectivity index (χ3n) is 2.93. The van der Waals surface area contributed by atoms with E-state index in [1.165, 1.54) is 6.07 Å². The van der Waals surface area contributed by atoms with E-state index in [9.17, 15) is 9.18 Å². The second kappa shape index (κ2) is 6.45. The topological polar surface area (TPSA) is 41.1 Å². The van der Waals surface area contributed by atoms with Crippen LogP contribution >= 0.6 is 27.5 Å². The second-order valence-electron chi connectivity index (χ2n) is 4.50. The summed E-state index contributed by atoms with van der Waals surface area (Å²) >= 11 is 9.17. The first-order valence-corrected chi connectivity index (χ1v) is 7.33. The van der Waals surface area contributed by atoms with Gasteiger partial charge in [-0.05, 0) is 47.1 Å². The molecule has 2 aromatic rings. The summed E-state index contributed by atoms with van der Waals surface area (Å²) in [7, 11) is 1.74. The smallest absolute Gasteiger partial charge is 0.257 e. The van der Waals surface area contributed by atoms with Crippen molar-refractivity contribution in [2.24, 2.45) is 0 Å². The normalized spacial score (nSPS) is 10.3.